The lowest BCUT2D eigenvalue weighted by atomic mass is 10.2. The fourth-order valence-corrected chi connectivity index (χ4v) is 4.85. The van der Waals surface area contributed by atoms with Gasteiger partial charge in [-0.2, -0.15) is 0 Å². The minimum absolute atomic E-state index is 0.0562. The number of halogens is 1. The van der Waals surface area contributed by atoms with Gasteiger partial charge in [0.1, 0.15) is 0 Å². The summed E-state index contributed by atoms with van der Waals surface area (Å²) in [7, 11) is -2.97. The van der Waals surface area contributed by atoms with Crippen molar-refractivity contribution in [1.29, 1.82) is 0 Å². The molecule has 0 bridgehead atoms. The summed E-state index contributed by atoms with van der Waals surface area (Å²) in [6.07, 6.45) is 0.546. The molecule has 0 spiro atoms. The minimum Gasteiger partial charge on any atom is -0.375 e. The summed E-state index contributed by atoms with van der Waals surface area (Å²) in [6, 6.07) is 7.57. The van der Waals surface area contributed by atoms with Gasteiger partial charge in [-0.05, 0) is 48.1 Å². The third-order valence-corrected chi connectivity index (χ3v) is 6.31. The van der Waals surface area contributed by atoms with Gasteiger partial charge in [0, 0.05) is 21.8 Å². The van der Waals surface area contributed by atoms with Crippen LogP contribution in [0.25, 0.3) is 0 Å². The maximum atomic E-state index is 12.3. The summed E-state index contributed by atoms with van der Waals surface area (Å²) in [5, 5.41) is 3.12. The van der Waals surface area contributed by atoms with Crippen LogP contribution in [0, 0.1) is 3.57 Å². The molecule has 0 aliphatic carbocycles. The van der Waals surface area contributed by atoms with E-state index in [-0.39, 0.29) is 30.0 Å². The van der Waals surface area contributed by atoms with Crippen LogP contribution in [-0.2, 0) is 14.6 Å². The van der Waals surface area contributed by atoms with Crippen LogP contribution in [0.5, 0.6) is 0 Å². The highest BCUT2D eigenvalue weighted by molar-refractivity contribution is 14.1. The van der Waals surface area contributed by atoms with Gasteiger partial charge in [-0.25, -0.2) is 8.42 Å². The Bertz CT molecular complexity index is 618. The van der Waals surface area contributed by atoms with Crippen molar-refractivity contribution in [3.63, 3.8) is 0 Å². The Morgan fingerprint density at radius 2 is 2.14 bits per heavy atom. The Labute approximate surface area is 139 Å². The van der Waals surface area contributed by atoms with E-state index in [0.29, 0.717) is 13.0 Å². The predicted molar refractivity (Wildman–Crippen MR) is 92.1 cm³/mol. The van der Waals surface area contributed by atoms with E-state index in [1.54, 1.807) is 4.90 Å². The zero-order valence-corrected chi connectivity index (χ0v) is 14.9. The van der Waals surface area contributed by atoms with Gasteiger partial charge in [0.25, 0.3) is 0 Å². The van der Waals surface area contributed by atoms with Crippen LogP contribution < -0.4 is 5.32 Å². The van der Waals surface area contributed by atoms with Crippen molar-refractivity contribution in [2.45, 2.75) is 19.4 Å². The average molecular weight is 422 g/mol. The zero-order chi connectivity index (χ0) is 15.5. The molecule has 1 unspecified atom stereocenters. The molecule has 1 aromatic carbocycles. The maximum Gasteiger partial charge on any atom is 0.242 e. The van der Waals surface area contributed by atoms with Gasteiger partial charge in [-0.3, -0.25) is 4.79 Å². The number of likely N-dealkylation sites (N-methyl/N-ethyl adjacent to an activating group) is 1. The van der Waals surface area contributed by atoms with Crippen molar-refractivity contribution in [3.05, 3.63) is 27.8 Å². The molecule has 0 aromatic heterocycles. The quantitative estimate of drug-likeness (QED) is 0.735. The molecule has 1 saturated heterocycles. The fraction of sp³-hybridized carbons (Fsp3) is 0.500. The van der Waals surface area contributed by atoms with E-state index in [0.717, 1.165) is 9.26 Å². The third-order valence-electron chi connectivity index (χ3n) is 3.61. The van der Waals surface area contributed by atoms with Gasteiger partial charge in [0.05, 0.1) is 18.1 Å². The minimum atomic E-state index is -2.97. The molecule has 7 heteroatoms. The van der Waals surface area contributed by atoms with Gasteiger partial charge < -0.3 is 10.2 Å². The number of carbonyl (C=O) groups is 1. The fourth-order valence-electron chi connectivity index (χ4n) is 2.54. The predicted octanol–water partition coefficient (Wildman–Crippen LogP) is 1.74. The second kappa shape index (κ2) is 6.95. The molecule has 116 valence electrons. The molecule has 1 amide bonds. The first kappa shape index (κ1) is 16.5. The van der Waals surface area contributed by atoms with Gasteiger partial charge in [0.2, 0.25) is 5.91 Å². The molecule has 1 fully saturated rings. The maximum absolute atomic E-state index is 12.3. The molecule has 0 radical (unpaired) electrons. The second-order valence-electron chi connectivity index (χ2n) is 5.07. The number of nitrogens with zero attached hydrogens (tertiary/aromatic N) is 1. The summed E-state index contributed by atoms with van der Waals surface area (Å²) in [6.45, 7) is 2.60. The van der Waals surface area contributed by atoms with E-state index >= 15 is 0 Å². The van der Waals surface area contributed by atoms with Crippen molar-refractivity contribution >= 4 is 44.0 Å². The van der Waals surface area contributed by atoms with Crippen molar-refractivity contribution in [2.75, 3.05) is 29.9 Å². The van der Waals surface area contributed by atoms with Crippen molar-refractivity contribution in [2.24, 2.45) is 0 Å². The highest BCUT2D eigenvalue weighted by Gasteiger charge is 2.33. The van der Waals surface area contributed by atoms with E-state index in [4.69, 9.17) is 0 Å². The Morgan fingerprint density at radius 1 is 1.43 bits per heavy atom. The number of carbonyl (C=O) groups excluding carboxylic acids is 1. The van der Waals surface area contributed by atoms with Crippen LogP contribution in [0.1, 0.15) is 13.3 Å². The molecule has 1 aliphatic rings. The van der Waals surface area contributed by atoms with E-state index in [1.807, 2.05) is 31.2 Å². The Kier molecular flexibility index (Phi) is 5.48. The lowest BCUT2D eigenvalue weighted by Crippen LogP contribution is -2.43. The highest BCUT2D eigenvalue weighted by Crippen LogP contribution is 2.19. The standard InChI is InChI=1S/C14H19IN2O3S/c1-2-17(11-7-8-21(19,20)10-11)14(18)9-16-13-6-4-3-5-12(13)15/h3-6,11,16H,2,7-10H2,1H3. The lowest BCUT2D eigenvalue weighted by Gasteiger charge is -2.27. The number of benzene rings is 1. The second-order valence-corrected chi connectivity index (χ2v) is 8.46. The molecule has 1 atom stereocenters. The third kappa shape index (κ3) is 4.32. The number of hydrogen-bond donors (Lipinski definition) is 1. The molecule has 1 N–H and O–H groups in total. The topological polar surface area (TPSA) is 66.5 Å². The van der Waals surface area contributed by atoms with Gasteiger partial charge in [-0.15, -0.1) is 0 Å². The summed E-state index contributed by atoms with van der Waals surface area (Å²) in [4.78, 5) is 14.0. The molecule has 5 nitrogen and oxygen atoms in total. The van der Waals surface area contributed by atoms with Gasteiger partial charge in [0.15, 0.2) is 9.84 Å². The smallest absolute Gasteiger partial charge is 0.242 e. The normalized spacial score (nSPS) is 20.2. The first-order chi connectivity index (χ1) is 9.93. The molecule has 1 aliphatic heterocycles. The molecular formula is C14H19IN2O3S. The van der Waals surface area contributed by atoms with Gasteiger partial charge in [-0.1, -0.05) is 12.1 Å². The molecule has 1 heterocycles. The van der Waals surface area contributed by atoms with Crippen molar-refractivity contribution in [3.8, 4) is 0 Å². The number of para-hydroxylation sites is 1. The van der Waals surface area contributed by atoms with Crippen molar-refractivity contribution in [1.82, 2.24) is 4.90 Å². The number of amides is 1. The van der Waals surface area contributed by atoms with Crippen LogP contribution in [-0.4, -0.2) is 49.9 Å². The lowest BCUT2D eigenvalue weighted by molar-refractivity contribution is -0.130. The molecule has 0 saturated carbocycles. The molecule has 2 rings (SSSR count). The molecular weight excluding hydrogens is 403 g/mol. The van der Waals surface area contributed by atoms with Crippen LogP contribution >= 0.6 is 22.6 Å². The first-order valence-corrected chi connectivity index (χ1v) is 9.81. The van der Waals surface area contributed by atoms with Gasteiger partial charge >= 0.3 is 0 Å². The van der Waals surface area contributed by atoms with E-state index in [9.17, 15) is 13.2 Å². The number of anilines is 1. The molecule has 1 aromatic rings. The van der Waals surface area contributed by atoms with E-state index in [2.05, 4.69) is 27.9 Å². The van der Waals surface area contributed by atoms with Crippen LogP contribution in [0.3, 0.4) is 0 Å². The molecule has 21 heavy (non-hydrogen) atoms. The summed E-state index contributed by atoms with van der Waals surface area (Å²) < 4.78 is 24.2. The Balaban J connectivity index is 1.97. The van der Waals surface area contributed by atoms with Crippen molar-refractivity contribution < 1.29 is 13.2 Å². The summed E-state index contributed by atoms with van der Waals surface area (Å²) in [5.41, 5.74) is 0.918. The first-order valence-electron chi connectivity index (χ1n) is 6.91. The van der Waals surface area contributed by atoms with E-state index < -0.39 is 9.84 Å². The summed E-state index contributed by atoms with van der Waals surface area (Å²) >= 11 is 2.21. The number of hydrogen-bond acceptors (Lipinski definition) is 4. The number of nitrogens with one attached hydrogen (secondary N) is 1. The number of rotatable bonds is 5. The largest absolute Gasteiger partial charge is 0.375 e. The van der Waals surface area contributed by atoms with E-state index in [1.165, 1.54) is 0 Å². The SMILES string of the molecule is CCN(C(=O)CNc1ccccc1I)C1CCS(=O)(=O)C1. The zero-order valence-electron chi connectivity index (χ0n) is 11.9. The number of sulfone groups is 1. The Morgan fingerprint density at radius 3 is 2.71 bits per heavy atom. The van der Waals surface area contributed by atoms with Crippen LogP contribution in [0.4, 0.5) is 5.69 Å². The van der Waals surface area contributed by atoms with Crippen LogP contribution in [0.2, 0.25) is 0 Å². The monoisotopic (exact) mass is 422 g/mol. The highest BCUT2D eigenvalue weighted by atomic mass is 127. The summed E-state index contributed by atoms with van der Waals surface area (Å²) in [5.74, 6) is 0.222. The Hall–Kier alpha value is -0.830. The van der Waals surface area contributed by atoms with Crippen LogP contribution in [0.15, 0.2) is 24.3 Å². The average Bonchev–Trinajstić information content (AvgIpc) is 2.79.